The van der Waals surface area contributed by atoms with Gasteiger partial charge in [0.2, 0.25) is 5.91 Å². The summed E-state index contributed by atoms with van der Waals surface area (Å²) in [6.45, 7) is 2.46. The van der Waals surface area contributed by atoms with Gasteiger partial charge in [0.25, 0.3) is 5.91 Å². The van der Waals surface area contributed by atoms with Gasteiger partial charge in [0.15, 0.2) is 0 Å². The van der Waals surface area contributed by atoms with Crippen LogP contribution in [0.2, 0.25) is 0 Å². The predicted octanol–water partition coefficient (Wildman–Crippen LogP) is 2.73. The van der Waals surface area contributed by atoms with Crippen molar-refractivity contribution >= 4 is 17.5 Å². The van der Waals surface area contributed by atoms with Crippen LogP contribution in [-0.2, 0) is 11.3 Å². The maximum Gasteiger partial charge on any atom is 0.253 e. The van der Waals surface area contributed by atoms with Gasteiger partial charge < -0.3 is 16.0 Å². The molecule has 1 aromatic heterocycles. The summed E-state index contributed by atoms with van der Waals surface area (Å²) in [6.07, 6.45) is 7.04. The van der Waals surface area contributed by atoms with Crippen molar-refractivity contribution in [3.05, 3.63) is 59.9 Å². The van der Waals surface area contributed by atoms with E-state index >= 15 is 0 Å². The molecule has 1 aliphatic heterocycles. The number of anilines is 1. The molecular formula is C21H26N4O2. The zero-order valence-electron chi connectivity index (χ0n) is 15.4. The smallest absolute Gasteiger partial charge is 0.253 e. The van der Waals surface area contributed by atoms with E-state index in [1.165, 1.54) is 0 Å². The molecule has 0 spiro atoms. The molecule has 3 rings (SSSR count). The normalized spacial score (nSPS) is 14.5. The molecule has 1 aromatic carbocycles. The number of para-hydroxylation sites is 1. The summed E-state index contributed by atoms with van der Waals surface area (Å²) < 4.78 is 0. The molecule has 2 heterocycles. The van der Waals surface area contributed by atoms with Gasteiger partial charge in [-0.05, 0) is 62.0 Å². The second-order valence-electron chi connectivity index (χ2n) is 6.87. The largest absolute Gasteiger partial charge is 0.348 e. The van der Waals surface area contributed by atoms with Crippen LogP contribution >= 0.6 is 0 Å². The number of carbonyl (C=O) groups is 2. The highest BCUT2D eigenvalue weighted by Gasteiger charge is 2.16. The zero-order valence-corrected chi connectivity index (χ0v) is 15.4. The summed E-state index contributed by atoms with van der Waals surface area (Å²) in [5.41, 5.74) is 1.95. The molecule has 1 fully saturated rings. The summed E-state index contributed by atoms with van der Waals surface area (Å²) in [6, 6.07) is 10.8. The van der Waals surface area contributed by atoms with Crippen molar-refractivity contribution in [2.75, 3.05) is 18.4 Å². The molecule has 0 aliphatic carbocycles. The van der Waals surface area contributed by atoms with E-state index in [0.29, 0.717) is 30.1 Å². The highest BCUT2D eigenvalue weighted by atomic mass is 16.2. The number of hydrogen-bond acceptors (Lipinski definition) is 4. The van der Waals surface area contributed by atoms with E-state index in [4.69, 9.17) is 0 Å². The van der Waals surface area contributed by atoms with Crippen molar-refractivity contribution in [3.63, 3.8) is 0 Å². The van der Waals surface area contributed by atoms with Gasteiger partial charge in [-0.3, -0.25) is 14.6 Å². The van der Waals surface area contributed by atoms with Gasteiger partial charge in [0.1, 0.15) is 0 Å². The molecule has 2 amide bonds. The monoisotopic (exact) mass is 366 g/mol. The van der Waals surface area contributed by atoms with Gasteiger partial charge in [-0.15, -0.1) is 0 Å². The molecule has 1 aliphatic rings. The van der Waals surface area contributed by atoms with E-state index < -0.39 is 0 Å². The summed E-state index contributed by atoms with van der Waals surface area (Å²) in [4.78, 5) is 28.9. The number of carbonyl (C=O) groups excluding carboxylic acids is 2. The van der Waals surface area contributed by atoms with Crippen molar-refractivity contribution in [1.29, 1.82) is 0 Å². The Bertz CT molecular complexity index is 758. The number of pyridine rings is 1. The highest BCUT2D eigenvalue weighted by Crippen LogP contribution is 2.20. The molecule has 6 heteroatoms. The molecule has 2 aromatic rings. The Morgan fingerprint density at radius 1 is 1.11 bits per heavy atom. The van der Waals surface area contributed by atoms with Crippen molar-refractivity contribution < 1.29 is 9.59 Å². The molecule has 142 valence electrons. The fraction of sp³-hybridized carbons (Fsp3) is 0.381. The van der Waals surface area contributed by atoms with Gasteiger partial charge in [0.05, 0.1) is 11.3 Å². The van der Waals surface area contributed by atoms with Crippen LogP contribution in [0.5, 0.6) is 0 Å². The van der Waals surface area contributed by atoms with Crippen molar-refractivity contribution in [3.8, 4) is 0 Å². The number of hydrogen-bond donors (Lipinski definition) is 3. The van der Waals surface area contributed by atoms with Gasteiger partial charge >= 0.3 is 0 Å². The SMILES string of the molecule is O=C(CCC1CCNCC1)Nc1ccccc1C(=O)NCc1cccnc1. The van der Waals surface area contributed by atoms with Crippen molar-refractivity contribution in [2.24, 2.45) is 5.92 Å². The first kappa shape index (κ1) is 19.0. The Morgan fingerprint density at radius 3 is 2.70 bits per heavy atom. The van der Waals surface area contributed by atoms with E-state index in [0.717, 1.165) is 37.9 Å². The van der Waals surface area contributed by atoms with Gasteiger partial charge in [0, 0.05) is 25.4 Å². The lowest BCUT2D eigenvalue weighted by molar-refractivity contribution is -0.116. The number of amides is 2. The Hall–Kier alpha value is -2.73. The third kappa shape index (κ3) is 5.89. The molecule has 0 saturated carbocycles. The fourth-order valence-corrected chi connectivity index (χ4v) is 3.29. The molecule has 3 N–H and O–H groups in total. The number of rotatable bonds is 7. The van der Waals surface area contributed by atoms with E-state index in [2.05, 4.69) is 20.9 Å². The second kappa shape index (κ2) is 9.83. The zero-order chi connectivity index (χ0) is 18.9. The number of benzene rings is 1. The van der Waals surface area contributed by atoms with Crippen LogP contribution in [-0.4, -0.2) is 29.9 Å². The highest BCUT2D eigenvalue weighted by molar-refractivity contribution is 6.03. The first-order valence-corrected chi connectivity index (χ1v) is 9.49. The van der Waals surface area contributed by atoms with Crippen LogP contribution in [0.25, 0.3) is 0 Å². The standard InChI is InChI=1S/C21H26N4O2/c26-20(8-7-16-9-12-22-13-10-16)25-19-6-2-1-5-18(19)21(27)24-15-17-4-3-11-23-14-17/h1-6,11,14,16,22H,7-10,12-13,15H2,(H,24,27)(H,25,26). The Morgan fingerprint density at radius 2 is 1.93 bits per heavy atom. The predicted molar refractivity (Wildman–Crippen MR) is 105 cm³/mol. The molecule has 27 heavy (non-hydrogen) atoms. The molecule has 1 saturated heterocycles. The fourth-order valence-electron chi connectivity index (χ4n) is 3.29. The first-order chi connectivity index (χ1) is 13.2. The van der Waals surface area contributed by atoms with Crippen LogP contribution < -0.4 is 16.0 Å². The lowest BCUT2D eigenvalue weighted by Crippen LogP contribution is -2.28. The van der Waals surface area contributed by atoms with Crippen LogP contribution in [0, 0.1) is 5.92 Å². The summed E-state index contributed by atoms with van der Waals surface area (Å²) in [7, 11) is 0. The number of nitrogens with zero attached hydrogens (tertiary/aromatic N) is 1. The van der Waals surface area contributed by atoms with Crippen LogP contribution in [0.4, 0.5) is 5.69 Å². The van der Waals surface area contributed by atoms with Crippen molar-refractivity contribution in [1.82, 2.24) is 15.6 Å². The molecule has 0 bridgehead atoms. The maximum absolute atomic E-state index is 12.5. The Labute approximate surface area is 159 Å². The van der Waals surface area contributed by atoms with E-state index in [1.54, 1.807) is 30.6 Å². The average molecular weight is 366 g/mol. The number of nitrogens with one attached hydrogen (secondary N) is 3. The van der Waals surface area contributed by atoms with Crippen LogP contribution in [0.3, 0.4) is 0 Å². The maximum atomic E-state index is 12.5. The minimum absolute atomic E-state index is 0.0407. The molecule has 0 unspecified atom stereocenters. The molecular weight excluding hydrogens is 340 g/mol. The quantitative estimate of drug-likeness (QED) is 0.704. The summed E-state index contributed by atoms with van der Waals surface area (Å²) >= 11 is 0. The Kier molecular flexibility index (Phi) is 6.93. The third-order valence-corrected chi connectivity index (χ3v) is 4.86. The van der Waals surface area contributed by atoms with E-state index in [1.807, 2.05) is 18.2 Å². The summed E-state index contributed by atoms with van der Waals surface area (Å²) in [5.74, 6) is 0.351. The molecule has 0 atom stereocenters. The lowest BCUT2D eigenvalue weighted by Gasteiger charge is -2.22. The van der Waals surface area contributed by atoms with Gasteiger partial charge in [-0.2, -0.15) is 0 Å². The average Bonchev–Trinajstić information content (AvgIpc) is 2.72. The van der Waals surface area contributed by atoms with E-state index in [9.17, 15) is 9.59 Å². The molecule has 0 radical (unpaired) electrons. The van der Waals surface area contributed by atoms with Crippen molar-refractivity contribution in [2.45, 2.75) is 32.2 Å². The molecule has 6 nitrogen and oxygen atoms in total. The van der Waals surface area contributed by atoms with Crippen LogP contribution in [0.1, 0.15) is 41.6 Å². The van der Waals surface area contributed by atoms with E-state index in [-0.39, 0.29) is 11.8 Å². The minimum atomic E-state index is -0.215. The third-order valence-electron chi connectivity index (χ3n) is 4.86. The van der Waals surface area contributed by atoms with Gasteiger partial charge in [-0.1, -0.05) is 18.2 Å². The lowest BCUT2D eigenvalue weighted by atomic mass is 9.93. The number of piperidine rings is 1. The minimum Gasteiger partial charge on any atom is -0.348 e. The second-order valence-corrected chi connectivity index (χ2v) is 6.87. The topological polar surface area (TPSA) is 83.1 Å². The number of aromatic nitrogens is 1. The van der Waals surface area contributed by atoms with Gasteiger partial charge in [-0.25, -0.2) is 0 Å². The van der Waals surface area contributed by atoms with Crippen LogP contribution in [0.15, 0.2) is 48.8 Å². The first-order valence-electron chi connectivity index (χ1n) is 9.49. The summed E-state index contributed by atoms with van der Waals surface area (Å²) in [5, 5.41) is 9.11. The Balaban J connectivity index is 1.54.